The van der Waals surface area contributed by atoms with Gasteiger partial charge in [0, 0.05) is 50.2 Å². The summed E-state index contributed by atoms with van der Waals surface area (Å²) in [7, 11) is 0. The normalized spacial score (nSPS) is 21.9. The maximum atomic E-state index is 13.3. The summed E-state index contributed by atoms with van der Waals surface area (Å²) < 4.78 is 0. The Morgan fingerprint density at radius 2 is 1.90 bits per heavy atom. The molecule has 0 radical (unpaired) electrons. The standard InChI is InChI=1S/C23H25N5O/c29-23(19-7-5-18(6-8-19)22-10-12-25-26-22)28-14-17-4-9-21(28)16-27(13-17)15-20-3-1-2-11-24-20/h1-3,5-8,10-12,17,21H,4,9,13-16H2,(H,25,26)/t17-,21+/m0/s1. The topological polar surface area (TPSA) is 65.1 Å². The summed E-state index contributed by atoms with van der Waals surface area (Å²) in [6.45, 7) is 3.67. The van der Waals surface area contributed by atoms with Crippen LogP contribution in [0.2, 0.25) is 0 Å². The SMILES string of the molecule is O=C(c1ccc(-c2ccn[nH]2)cc1)N1C[C@H]2CC[C@@H]1CN(Cc1ccccn1)C2. The lowest BCUT2D eigenvalue weighted by atomic mass is 9.94. The fourth-order valence-corrected chi connectivity index (χ4v) is 4.65. The molecule has 6 nitrogen and oxygen atoms in total. The zero-order valence-corrected chi connectivity index (χ0v) is 16.4. The van der Waals surface area contributed by atoms with E-state index in [9.17, 15) is 4.79 Å². The maximum absolute atomic E-state index is 13.3. The summed E-state index contributed by atoms with van der Waals surface area (Å²) in [5, 5.41) is 6.96. The first kappa shape index (κ1) is 18.1. The lowest BCUT2D eigenvalue weighted by Crippen LogP contribution is -2.47. The van der Waals surface area contributed by atoms with Crippen molar-refractivity contribution in [1.82, 2.24) is 25.0 Å². The number of hydrogen-bond acceptors (Lipinski definition) is 4. The van der Waals surface area contributed by atoms with Crippen LogP contribution < -0.4 is 0 Å². The molecule has 2 aromatic heterocycles. The Bertz CT molecular complexity index is 955. The number of pyridine rings is 1. The van der Waals surface area contributed by atoms with E-state index in [4.69, 9.17) is 0 Å². The molecular formula is C23H25N5O. The summed E-state index contributed by atoms with van der Waals surface area (Å²) in [6, 6.07) is 16.1. The first-order chi connectivity index (χ1) is 14.3. The number of benzene rings is 1. The Hall–Kier alpha value is -2.99. The van der Waals surface area contributed by atoms with E-state index in [2.05, 4.69) is 31.0 Å². The number of carbonyl (C=O) groups is 1. The van der Waals surface area contributed by atoms with Crippen molar-refractivity contribution < 1.29 is 4.79 Å². The molecule has 29 heavy (non-hydrogen) atoms. The lowest BCUT2D eigenvalue weighted by Gasteiger charge is -2.36. The largest absolute Gasteiger partial charge is 0.334 e. The minimum absolute atomic E-state index is 0.149. The maximum Gasteiger partial charge on any atom is 0.254 e. The van der Waals surface area contributed by atoms with Crippen LogP contribution in [-0.4, -0.2) is 56.6 Å². The predicted molar refractivity (Wildman–Crippen MR) is 111 cm³/mol. The third-order valence-corrected chi connectivity index (χ3v) is 6.11. The van der Waals surface area contributed by atoms with Crippen molar-refractivity contribution in [2.45, 2.75) is 25.4 Å². The molecular weight excluding hydrogens is 362 g/mol. The minimum Gasteiger partial charge on any atom is -0.334 e. The van der Waals surface area contributed by atoms with Gasteiger partial charge in [-0.2, -0.15) is 5.10 Å². The number of rotatable bonds is 4. The van der Waals surface area contributed by atoms with Gasteiger partial charge in [0.05, 0.1) is 11.4 Å². The molecule has 1 N–H and O–H groups in total. The molecule has 5 heterocycles. The summed E-state index contributed by atoms with van der Waals surface area (Å²) in [5.41, 5.74) is 3.86. The highest BCUT2D eigenvalue weighted by Crippen LogP contribution is 2.30. The average Bonchev–Trinajstić information content (AvgIpc) is 3.16. The van der Waals surface area contributed by atoms with Crippen molar-refractivity contribution in [3.8, 4) is 11.3 Å². The van der Waals surface area contributed by atoms with Crippen molar-refractivity contribution in [3.63, 3.8) is 0 Å². The summed E-state index contributed by atoms with van der Waals surface area (Å²) >= 11 is 0. The van der Waals surface area contributed by atoms with Crippen LogP contribution in [0.5, 0.6) is 0 Å². The van der Waals surface area contributed by atoms with Gasteiger partial charge in [0.15, 0.2) is 0 Å². The van der Waals surface area contributed by atoms with E-state index in [0.29, 0.717) is 5.92 Å². The highest BCUT2D eigenvalue weighted by atomic mass is 16.2. The second-order valence-electron chi connectivity index (χ2n) is 8.12. The summed E-state index contributed by atoms with van der Waals surface area (Å²) in [4.78, 5) is 22.3. The molecule has 3 fully saturated rings. The molecule has 6 heteroatoms. The number of nitrogens with one attached hydrogen (secondary N) is 1. The van der Waals surface area contributed by atoms with Crippen LogP contribution in [0.3, 0.4) is 0 Å². The number of H-pyrrole nitrogens is 1. The van der Waals surface area contributed by atoms with E-state index in [1.54, 1.807) is 6.20 Å². The highest BCUT2D eigenvalue weighted by molar-refractivity contribution is 5.95. The molecule has 1 amide bonds. The van der Waals surface area contributed by atoms with E-state index in [0.717, 1.165) is 55.1 Å². The van der Waals surface area contributed by atoms with Gasteiger partial charge in [0.1, 0.15) is 0 Å². The first-order valence-electron chi connectivity index (χ1n) is 10.3. The quantitative estimate of drug-likeness (QED) is 0.747. The zero-order chi connectivity index (χ0) is 19.6. The van der Waals surface area contributed by atoms with Crippen molar-refractivity contribution in [2.24, 2.45) is 5.92 Å². The van der Waals surface area contributed by atoms with Gasteiger partial charge < -0.3 is 4.90 Å². The van der Waals surface area contributed by atoms with Crippen molar-refractivity contribution in [3.05, 3.63) is 72.2 Å². The predicted octanol–water partition coefficient (Wildman–Crippen LogP) is 3.21. The summed E-state index contributed by atoms with van der Waals surface area (Å²) in [6.07, 6.45) is 5.87. The number of piperidine rings is 1. The number of fused-ring (bicyclic) bond motifs is 4. The van der Waals surface area contributed by atoms with E-state index in [1.165, 1.54) is 6.42 Å². The van der Waals surface area contributed by atoms with Crippen LogP contribution >= 0.6 is 0 Å². The molecule has 2 bridgehead atoms. The fraction of sp³-hybridized carbons (Fsp3) is 0.348. The number of hydrogen-bond donors (Lipinski definition) is 1. The number of aromatic amines is 1. The van der Waals surface area contributed by atoms with Crippen molar-refractivity contribution in [2.75, 3.05) is 19.6 Å². The van der Waals surface area contributed by atoms with Gasteiger partial charge in [-0.25, -0.2) is 0 Å². The van der Waals surface area contributed by atoms with Crippen LogP contribution in [0.25, 0.3) is 11.3 Å². The van der Waals surface area contributed by atoms with Crippen LogP contribution in [0, 0.1) is 5.92 Å². The monoisotopic (exact) mass is 387 g/mol. The van der Waals surface area contributed by atoms with Crippen LogP contribution in [-0.2, 0) is 6.54 Å². The van der Waals surface area contributed by atoms with E-state index < -0.39 is 0 Å². The minimum atomic E-state index is 0.149. The lowest BCUT2D eigenvalue weighted by molar-refractivity contribution is 0.0585. The third-order valence-electron chi connectivity index (χ3n) is 6.11. The van der Waals surface area contributed by atoms with Gasteiger partial charge in [-0.1, -0.05) is 18.2 Å². The molecule has 0 aliphatic carbocycles. The molecule has 0 unspecified atom stereocenters. The van der Waals surface area contributed by atoms with Gasteiger partial charge in [-0.3, -0.25) is 19.8 Å². The van der Waals surface area contributed by atoms with Gasteiger partial charge >= 0.3 is 0 Å². The van der Waals surface area contributed by atoms with Crippen LogP contribution in [0.4, 0.5) is 0 Å². The molecule has 6 rings (SSSR count). The average molecular weight is 387 g/mol. The van der Waals surface area contributed by atoms with Gasteiger partial charge in [0.25, 0.3) is 5.91 Å². The Labute approximate surface area is 170 Å². The number of carbonyl (C=O) groups excluding carboxylic acids is 1. The number of aromatic nitrogens is 3. The molecule has 2 atom stereocenters. The molecule has 0 spiro atoms. The number of nitrogens with zero attached hydrogens (tertiary/aromatic N) is 4. The van der Waals surface area contributed by atoms with Crippen LogP contribution in [0.1, 0.15) is 28.9 Å². The van der Waals surface area contributed by atoms with E-state index >= 15 is 0 Å². The van der Waals surface area contributed by atoms with Gasteiger partial charge in [-0.05, 0) is 54.7 Å². The van der Waals surface area contributed by atoms with Gasteiger partial charge in [-0.15, -0.1) is 0 Å². The molecule has 1 aromatic carbocycles. The van der Waals surface area contributed by atoms with Gasteiger partial charge in [0.2, 0.25) is 0 Å². The highest BCUT2D eigenvalue weighted by Gasteiger charge is 2.37. The van der Waals surface area contributed by atoms with E-state index in [1.807, 2.05) is 48.7 Å². The molecule has 0 saturated carbocycles. The molecule has 3 aliphatic heterocycles. The second kappa shape index (κ2) is 7.79. The summed E-state index contributed by atoms with van der Waals surface area (Å²) in [5.74, 6) is 0.682. The Kier molecular flexibility index (Phi) is 4.86. The Morgan fingerprint density at radius 3 is 2.66 bits per heavy atom. The molecule has 3 saturated heterocycles. The smallest absolute Gasteiger partial charge is 0.254 e. The van der Waals surface area contributed by atoms with Crippen molar-refractivity contribution >= 4 is 5.91 Å². The zero-order valence-electron chi connectivity index (χ0n) is 16.4. The molecule has 148 valence electrons. The number of amides is 1. The third kappa shape index (κ3) is 3.80. The Morgan fingerprint density at radius 1 is 1.00 bits per heavy atom. The van der Waals surface area contributed by atoms with Crippen molar-refractivity contribution in [1.29, 1.82) is 0 Å². The first-order valence-corrected chi connectivity index (χ1v) is 10.3. The molecule has 3 aromatic rings. The van der Waals surface area contributed by atoms with E-state index in [-0.39, 0.29) is 11.9 Å². The fourth-order valence-electron chi connectivity index (χ4n) is 4.65. The van der Waals surface area contributed by atoms with Crippen LogP contribution in [0.15, 0.2) is 60.9 Å². The molecule has 3 aliphatic rings. The second-order valence-corrected chi connectivity index (χ2v) is 8.12. The Balaban J connectivity index is 1.30.